The Labute approximate surface area is 113 Å². The van der Waals surface area contributed by atoms with Gasteiger partial charge in [0.1, 0.15) is 0 Å². The van der Waals surface area contributed by atoms with Crippen LogP contribution in [0.5, 0.6) is 0 Å². The van der Waals surface area contributed by atoms with Gasteiger partial charge in [-0.15, -0.1) is 0 Å². The van der Waals surface area contributed by atoms with Gasteiger partial charge in [-0.1, -0.05) is 36.6 Å². The van der Waals surface area contributed by atoms with Crippen LogP contribution in [0.15, 0.2) is 28.8 Å². The third kappa shape index (κ3) is 2.68. The Bertz CT molecular complexity index is 527. The van der Waals surface area contributed by atoms with Gasteiger partial charge in [0.15, 0.2) is 5.82 Å². The van der Waals surface area contributed by atoms with Gasteiger partial charge < -0.3 is 10.3 Å². The molecule has 2 aromatic rings. The zero-order valence-corrected chi connectivity index (χ0v) is 11.0. The van der Waals surface area contributed by atoms with Gasteiger partial charge in [-0.05, 0) is 30.5 Å². The summed E-state index contributed by atoms with van der Waals surface area (Å²) in [6.45, 7) is 0.553. The van der Waals surface area contributed by atoms with Crippen LogP contribution in [-0.2, 0) is 6.54 Å². The summed E-state index contributed by atoms with van der Waals surface area (Å²) < 4.78 is 5.39. The van der Waals surface area contributed by atoms with Crippen LogP contribution in [0.2, 0.25) is 0 Å². The average Bonchev–Trinajstić information content (AvgIpc) is 2.98. The molecule has 0 radical (unpaired) electrons. The van der Waals surface area contributed by atoms with Crippen molar-refractivity contribution in [2.45, 2.75) is 44.6 Å². The van der Waals surface area contributed by atoms with Crippen LogP contribution in [0.25, 0.3) is 11.5 Å². The minimum Gasteiger partial charge on any atom is -0.334 e. The molecule has 0 unspecified atom stereocenters. The molecule has 2 N–H and O–H groups in total. The molecule has 1 saturated carbocycles. The van der Waals surface area contributed by atoms with Crippen molar-refractivity contribution in [2.24, 2.45) is 5.73 Å². The molecule has 3 rings (SSSR count). The van der Waals surface area contributed by atoms with Crippen LogP contribution in [0.1, 0.15) is 49.4 Å². The second kappa shape index (κ2) is 5.53. The molecule has 0 amide bonds. The first-order valence-electron chi connectivity index (χ1n) is 7.00. The molecule has 0 saturated heterocycles. The van der Waals surface area contributed by atoms with E-state index in [1.54, 1.807) is 0 Å². The van der Waals surface area contributed by atoms with Crippen molar-refractivity contribution in [1.29, 1.82) is 0 Å². The minimum absolute atomic E-state index is 0.481. The molecule has 0 aliphatic heterocycles. The summed E-state index contributed by atoms with van der Waals surface area (Å²) in [7, 11) is 0. The lowest BCUT2D eigenvalue weighted by Gasteiger charge is -2.17. The fourth-order valence-corrected chi connectivity index (χ4v) is 2.66. The van der Waals surface area contributed by atoms with Gasteiger partial charge in [-0.2, -0.15) is 4.98 Å². The van der Waals surface area contributed by atoms with E-state index >= 15 is 0 Å². The molecule has 1 aromatic carbocycles. The SMILES string of the molecule is NCc1ccc(-c2nc(C3CCCCC3)no2)cc1. The van der Waals surface area contributed by atoms with Gasteiger partial charge in [0.2, 0.25) is 0 Å². The molecule has 0 atom stereocenters. The van der Waals surface area contributed by atoms with Gasteiger partial charge in [0, 0.05) is 18.0 Å². The Kier molecular flexibility index (Phi) is 3.60. The highest BCUT2D eigenvalue weighted by molar-refractivity contribution is 5.53. The molecular formula is C15H19N3O. The number of nitrogens with two attached hydrogens (primary N) is 1. The standard InChI is InChI=1S/C15H19N3O/c16-10-11-6-8-13(9-7-11)15-17-14(18-19-15)12-4-2-1-3-5-12/h6-9,12H,1-5,10,16H2. The molecule has 100 valence electrons. The number of aromatic nitrogens is 2. The highest BCUT2D eigenvalue weighted by atomic mass is 16.5. The number of hydrogen-bond acceptors (Lipinski definition) is 4. The molecule has 4 nitrogen and oxygen atoms in total. The van der Waals surface area contributed by atoms with E-state index in [0.29, 0.717) is 18.4 Å². The van der Waals surface area contributed by atoms with Crippen molar-refractivity contribution in [1.82, 2.24) is 10.1 Å². The van der Waals surface area contributed by atoms with Crippen molar-refractivity contribution in [2.75, 3.05) is 0 Å². The third-order valence-corrected chi connectivity index (χ3v) is 3.85. The second-order valence-electron chi connectivity index (χ2n) is 5.19. The van der Waals surface area contributed by atoms with Crippen LogP contribution < -0.4 is 5.73 Å². The Hall–Kier alpha value is -1.68. The van der Waals surface area contributed by atoms with Gasteiger partial charge >= 0.3 is 0 Å². The van der Waals surface area contributed by atoms with Gasteiger partial charge in [-0.25, -0.2) is 0 Å². The maximum atomic E-state index is 5.59. The van der Waals surface area contributed by atoms with Gasteiger partial charge in [-0.3, -0.25) is 0 Å². The summed E-state index contributed by atoms with van der Waals surface area (Å²) in [4.78, 5) is 4.55. The first-order chi connectivity index (χ1) is 9.36. The van der Waals surface area contributed by atoms with Crippen LogP contribution >= 0.6 is 0 Å². The summed E-state index contributed by atoms with van der Waals surface area (Å²) in [5.74, 6) is 1.97. The molecule has 0 bridgehead atoms. The van der Waals surface area contributed by atoms with E-state index in [1.807, 2.05) is 24.3 Å². The van der Waals surface area contributed by atoms with Crippen molar-refractivity contribution < 1.29 is 4.52 Å². The van der Waals surface area contributed by atoms with E-state index in [4.69, 9.17) is 10.3 Å². The van der Waals surface area contributed by atoms with Gasteiger partial charge in [0.25, 0.3) is 5.89 Å². The zero-order valence-electron chi connectivity index (χ0n) is 11.0. The molecular weight excluding hydrogens is 238 g/mol. The molecule has 0 spiro atoms. The first kappa shape index (κ1) is 12.4. The molecule has 4 heteroatoms. The lowest BCUT2D eigenvalue weighted by Crippen LogP contribution is -2.06. The van der Waals surface area contributed by atoms with Crippen LogP contribution in [0, 0.1) is 0 Å². The fraction of sp³-hybridized carbons (Fsp3) is 0.467. The summed E-state index contributed by atoms with van der Waals surface area (Å²) in [5, 5.41) is 4.15. The highest BCUT2D eigenvalue weighted by Crippen LogP contribution is 2.31. The molecule has 1 fully saturated rings. The topological polar surface area (TPSA) is 64.9 Å². The van der Waals surface area contributed by atoms with Crippen LogP contribution in [-0.4, -0.2) is 10.1 Å². The maximum absolute atomic E-state index is 5.59. The van der Waals surface area contributed by atoms with E-state index < -0.39 is 0 Å². The molecule has 1 aliphatic rings. The maximum Gasteiger partial charge on any atom is 0.257 e. The Balaban J connectivity index is 1.79. The van der Waals surface area contributed by atoms with Crippen LogP contribution in [0.3, 0.4) is 0 Å². The van der Waals surface area contributed by atoms with Gasteiger partial charge in [0.05, 0.1) is 0 Å². The average molecular weight is 257 g/mol. The van der Waals surface area contributed by atoms with E-state index in [9.17, 15) is 0 Å². The summed E-state index contributed by atoms with van der Waals surface area (Å²) in [6, 6.07) is 7.97. The van der Waals surface area contributed by atoms with Crippen molar-refractivity contribution in [3.8, 4) is 11.5 Å². The number of hydrogen-bond donors (Lipinski definition) is 1. The first-order valence-corrected chi connectivity index (χ1v) is 7.00. The Morgan fingerprint density at radius 1 is 1.11 bits per heavy atom. The fourth-order valence-electron chi connectivity index (χ4n) is 2.66. The van der Waals surface area contributed by atoms with Crippen molar-refractivity contribution in [3.05, 3.63) is 35.7 Å². The summed E-state index contributed by atoms with van der Waals surface area (Å²) in [6.07, 6.45) is 6.26. The minimum atomic E-state index is 0.481. The summed E-state index contributed by atoms with van der Waals surface area (Å²) >= 11 is 0. The molecule has 19 heavy (non-hydrogen) atoms. The highest BCUT2D eigenvalue weighted by Gasteiger charge is 2.21. The molecule has 1 heterocycles. The number of benzene rings is 1. The van der Waals surface area contributed by atoms with Crippen molar-refractivity contribution >= 4 is 0 Å². The van der Waals surface area contributed by atoms with E-state index in [2.05, 4.69) is 10.1 Å². The molecule has 1 aliphatic carbocycles. The van der Waals surface area contributed by atoms with E-state index in [0.717, 1.165) is 17.0 Å². The summed E-state index contributed by atoms with van der Waals surface area (Å²) in [5.41, 5.74) is 7.66. The van der Waals surface area contributed by atoms with Crippen molar-refractivity contribution in [3.63, 3.8) is 0 Å². The Morgan fingerprint density at radius 3 is 2.53 bits per heavy atom. The zero-order chi connectivity index (χ0) is 13.1. The lowest BCUT2D eigenvalue weighted by molar-refractivity contribution is 0.385. The Morgan fingerprint density at radius 2 is 1.84 bits per heavy atom. The number of nitrogens with zero attached hydrogens (tertiary/aromatic N) is 2. The smallest absolute Gasteiger partial charge is 0.257 e. The normalized spacial score (nSPS) is 16.7. The quantitative estimate of drug-likeness (QED) is 0.916. The van der Waals surface area contributed by atoms with E-state index in [1.165, 1.54) is 32.1 Å². The third-order valence-electron chi connectivity index (χ3n) is 3.85. The lowest BCUT2D eigenvalue weighted by atomic mass is 9.89. The predicted molar refractivity (Wildman–Crippen MR) is 73.5 cm³/mol. The monoisotopic (exact) mass is 257 g/mol. The molecule has 1 aromatic heterocycles. The van der Waals surface area contributed by atoms with E-state index in [-0.39, 0.29) is 0 Å². The number of rotatable bonds is 3. The second-order valence-corrected chi connectivity index (χ2v) is 5.19. The largest absolute Gasteiger partial charge is 0.334 e. The predicted octanol–water partition coefficient (Wildman–Crippen LogP) is 3.24. The van der Waals surface area contributed by atoms with Crippen LogP contribution in [0.4, 0.5) is 0 Å².